The number of amides is 1. The van der Waals surface area contributed by atoms with Crippen LogP contribution in [0.1, 0.15) is 33.7 Å². The van der Waals surface area contributed by atoms with Gasteiger partial charge in [-0.05, 0) is 39.8 Å². The molecule has 1 aromatic heterocycles. The third-order valence-corrected chi connectivity index (χ3v) is 3.35. The lowest BCUT2D eigenvalue weighted by Gasteiger charge is -2.16. The largest absolute Gasteiger partial charge is 0.352 e. The van der Waals surface area contributed by atoms with E-state index >= 15 is 0 Å². The van der Waals surface area contributed by atoms with E-state index in [1.807, 2.05) is 13.8 Å². The SMILES string of the molecule is CC(C)NC(=O)Cn1c(=O)n(C(C)C)c(=O)c2ccccc21. The predicted octanol–water partition coefficient (Wildman–Crippen LogP) is 1.27. The number of benzene rings is 1. The van der Waals surface area contributed by atoms with Crippen molar-refractivity contribution in [3.63, 3.8) is 0 Å². The van der Waals surface area contributed by atoms with Gasteiger partial charge in [-0.15, -0.1) is 0 Å². The summed E-state index contributed by atoms with van der Waals surface area (Å²) in [5.41, 5.74) is -0.304. The molecule has 22 heavy (non-hydrogen) atoms. The molecule has 0 bridgehead atoms. The van der Waals surface area contributed by atoms with Crippen LogP contribution in [-0.2, 0) is 11.3 Å². The van der Waals surface area contributed by atoms with Crippen molar-refractivity contribution in [2.24, 2.45) is 0 Å². The molecular weight excluding hydrogens is 282 g/mol. The molecule has 1 N–H and O–H groups in total. The number of carbonyl (C=O) groups excluding carboxylic acids is 1. The highest BCUT2D eigenvalue weighted by molar-refractivity contribution is 5.81. The monoisotopic (exact) mass is 303 g/mol. The normalized spacial score (nSPS) is 11.4. The summed E-state index contributed by atoms with van der Waals surface area (Å²) in [5, 5.41) is 3.20. The van der Waals surface area contributed by atoms with Crippen LogP contribution in [0.5, 0.6) is 0 Å². The van der Waals surface area contributed by atoms with Crippen molar-refractivity contribution in [2.45, 2.75) is 46.3 Å². The molecular formula is C16H21N3O3. The summed E-state index contributed by atoms with van der Waals surface area (Å²) in [6.45, 7) is 7.15. The molecule has 0 atom stereocenters. The molecule has 1 heterocycles. The van der Waals surface area contributed by atoms with Crippen molar-refractivity contribution in [3.8, 4) is 0 Å². The molecule has 0 aliphatic carbocycles. The minimum Gasteiger partial charge on any atom is -0.352 e. The van der Waals surface area contributed by atoms with E-state index in [0.29, 0.717) is 10.9 Å². The highest BCUT2D eigenvalue weighted by Crippen LogP contribution is 2.09. The Hall–Kier alpha value is -2.37. The first-order chi connectivity index (χ1) is 10.3. The third kappa shape index (κ3) is 2.95. The average Bonchev–Trinajstić information content (AvgIpc) is 2.42. The fourth-order valence-electron chi connectivity index (χ4n) is 2.46. The van der Waals surface area contributed by atoms with Gasteiger partial charge in [0.25, 0.3) is 5.56 Å². The zero-order valence-corrected chi connectivity index (χ0v) is 13.3. The number of hydrogen-bond acceptors (Lipinski definition) is 3. The van der Waals surface area contributed by atoms with E-state index in [1.165, 1.54) is 9.13 Å². The average molecular weight is 303 g/mol. The summed E-state index contributed by atoms with van der Waals surface area (Å²) in [6, 6.07) is 6.57. The Morgan fingerprint density at radius 2 is 1.77 bits per heavy atom. The summed E-state index contributed by atoms with van der Waals surface area (Å²) in [6.07, 6.45) is 0. The van der Waals surface area contributed by atoms with E-state index in [9.17, 15) is 14.4 Å². The Balaban J connectivity index is 2.69. The number of hydrogen-bond donors (Lipinski definition) is 1. The number of aromatic nitrogens is 2. The van der Waals surface area contributed by atoms with Crippen molar-refractivity contribution < 1.29 is 4.79 Å². The second kappa shape index (κ2) is 6.17. The van der Waals surface area contributed by atoms with Gasteiger partial charge >= 0.3 is 5.69 Å². The quantitative estimate of drug-likeness (QED) is 0.924. The molecule has 0 aliphatic heterocycles. The Bertz CT molecular complexity index is 815. The van der Waals surface area contributed by atoms with Crippen LogP contribution in [0.15, 0.2) is 33.9 Å². The molecule has 0 aliphatic rings. The van der Waals surface area contributed by atoms with Gasteiger partial charge in [0.2, 0.25) is 5.91 Å². The summed E-state index contributed by atoms with van der Waals surface area (Å²) in [7, 11) is 0. The zero-order valence-electron chi connectivity index (χ0n) is 13.3. The van der Waals surface area contributed by atoms with Gasteiger partial charge in [0, 0.05) is 12.1 Å². The van der Waals surface area contributed by atoms with Gasteiger partial charge in [-0.3, -0.25) is 18.7 Å². The lowest BCUT2D eigenvalue weighted by Crippen LogP contribution is -2.44. The Kier molecular flexibility index (Phi) is 4.49. The fraction of sp³-hybridized carbons (Fsp3) is 0.438. The van der Waals surface area contributed by atoms with Gasteiger partial charge in [0.1, 0.15) is 6.54 Å². The summed E-state index contributed by atoms with van der Waals surface area (Å²) in [4.78, 5) is 37.1. The van der Waals surface area contributed by atoms with Crippen LogP contribution in [0.3, 0.4) is 0 Å². The van der Waals surface area contributed by atoms with Crippen LogP contribution in [-0.4, -0.2) is 21.1 Å². The predicted molar refractivity (Wildman–Crippen MR) is 86.1 cm³/mol. The summed E-state index contributed by atoms with van der Waals surface area (Å²) in [5.74, 6) is -0.254. The van der Waals surface area contributed by atoms with Gasteiger partial charge < -0.3 is 5.32 Å². The molecule has 0 spiro atoms. The molecule has 1 aromatic carbocycles. The van der Waals surface area contributed by atoms with Crippen LogP contribution in [0.4, 0.5) is 0 Å². The molecule has 6 nitrogen and oxygen atoms in total. The van der Waals surface area contributed by atoms with Gasteiger partial charge in [-0.1, -0.05) is 12.1 Å². The molecule has 0 saturated carbocycles. The van der Waals surface area contributed by atoms with Crippen LogP contribution < -0.4 is 16.6 Å². The minimum absolute atomic E-state index is 0.00882. The molecule has 0 saturated heterocycles. The maximum Gasteiger partial charge on any atom is 0.332 e. The maximum atomic E-state index is 12.6. The van der Waals surface area contributed by atoms with E-state index in [1.54, 1.807) is 38.1 Å². The second-order valence-electron chi connectivity index (χ2n) is 5.88. The highest BCUT2D eigenvalue weighted by Gasteiger charge is 2.16. The third-order valence-electron chi connectivity index (χ3n) is 3.35. The fourth-order valence-corrected chi connectivity index (χ4v) is 2.46. The van der Waals surface area contributed by atoms with Crippen LogP contribution >= 0.6 is 0 Å². The van der Waals surface area contributed by atoms with E-state index in [2.05, 4.69) is 5.32 Å². The van der Waals surface area contributed by atoms with E-state index in [-0.39, 0.29) is 30.1 Å². The van der Waals surface area contributed by atoms with Crippen molar-refractivity contribution >= 4 is 16.8 Å². The highest BCUT2D eigenvalue weighted by atomic mass is 16.2. The molecule has 0 radical (unpaired) electrons. The number of nitrogens with one attached hydrogen (secondary N) is 1. The first-order valence-corrected chi connectivity index (χ1v) is 7.36. The van der Waals surface area contributed by atoms with Crippen molar-refractivity contribution in [1.29, 1.82) is 0 Å². The Morgan fingerprint density at radius 1 is 1.14 bits per heavy atom. The van der Waals surface area contributed by atoms with Gasteiger partial charge in [-0.25, -0.2) is 4.79 Å². The van der Waals surface area contributed by atoms with Crippen molar-refractivity contribution in [1.82, 2.24) is 14.5 Å². The van der Waals surface area contributed by atoms with Crippen molar-refractivity contribution in [2.75, 3.05) is 0 Å². The van der Waals surface area contributed by atoms with E-state index in [4.69, 9.17) is 0 Å². The Labute approximate surface area is 128 Å². The second-order valence-corrected chi connectivity index (χ2v) is 5.88. The smallest absolute Gasteiger partial charge is 0.332 e. The first kappa shape index (κ1) is 16.0. The van der Waals surface area contributed by atoms with Gasteiger partial charge in [0.05, 0.1) is 10.9 Å². The summed E-state index contributed by atoms with van der Waals surface area (Å²) >= 11 is 0. The molecule has 2 aromatic rings. The molecule has 118 valence electrons. The van der Waals surface area contributed by atoms with Gasteiger partial charge in [0.15, 0.2) is 0 Å². The number of para-hydroxylation sites is 1. The molecule has 0 unspecified atom stereocenters. The lowest BCUT2D eigenvalue weighted by molar-refractivity contribution is -0.122. The van der Waals surface area contributed by atoms with E-state index in [0.717, 1.165) is 0 Å². The van der Waals surface area contributed by atoms with E-state index < -0.39 is 5.69 Å². The molecule has 1 amide bonds. The standard InChI is InChI=1S/C16H21N3O3/c1-10(2)17-14(20)9-18-13-8-6-5-7-12(13)15(21)19(11(3)4)16(18)22/h5-8,10-11H,9H2,1-4H3,(H,17,20). The molecule has 6 heteroatoms. The molecule has 0 fully saturated rings. The Morgan fingerprint density at radius 3 is 2.36 bits per heavy atom. The van der Waals surface area contributed by atoms with Gasteiger partial charge in [-0.2, -0.15) is 0 Å². The minimum atomic E-state index is -0.461. The number of nitrogens with zero attached hydrogens (tertiary/aromatic N) is 2. The van der Waals surface area contributed by atoms with Crippen molar-refractivity contribution in [3.05, 3.63) is 45.1 Å². The zero-order chi connectivity index (χ0) is 16.4. The number of fused-ring (bicyclic) bond motifs is 1. The number of carbonyl (C=O) groups is 1. The lowest BCUT2D eigenvalue weighted by atomic mass is 10.2. The number of rotatable bonds is 4. The first-order valence-electron chi connectivity index (χ1n) is 7.36. The van der Waals surface area contributed by atoms with Crippen LogP contribution in [0, 0.1) is 0 Å². The molecule has 2 rings (SSSR count). The topological polar surface area (TPSA) is 73.1 Å². The summed E-state index contributed by atoms with van der Waals surface area (Å²) < 4.78 is 2.54. The van der Waals surface area contributed by atoms with Crippen LogP contribution in [0.25, 0.3) is 10.9 Å². The van der Waals surface area contributed by atoms with Crippen LogP contribution in [0.2, 0.25) is 0 Å². The maximum absolute atomic E-state index is 12.6.